The number of pyridine rings is 1. The molecule has 0 saturated heterocycles. The summed E-state index contributed by atoms with van der Waals surface area (Å²) in [5.74, 6) is -2.05. The third-order valence-corrected chi connectivity index (χ3v) is 2.07. The summed E-state index contributed by atoms with van der Waals surface area (Å²) in [7, 11) is 1.14. The van der Waals surface area contributed by atoms with Crippen molar-refractivity contribution in [2.75, 3.05) is 13.7 Å². The van der Waals surface area contributed by atoms with Crippen LogP contribution in [-0.4, -0.2) is 24.7 Å². The highest BCUT2D eigenvalue weighted by molar-refractivity contribution is 5.72. The predicted molar refractivity (Wildman–Crippen MR) is 56.0 cm³/mol. The molecule has 0 amide bonds. The first-order valence-electron chi connectivity index (χ1n) is 5.16. The fourth-order valence-electron chi connectivity index (χ4n) is 1.30. The van der Waals surface area contributed by atoms with E-state index in [2.05, 4.69) is 14.5 Å². The molecule has 1 rings (SSSR count). The van der Waals surface area contributed by atoms with Gasteiger partial charge in [0.05, 0.1) is 25.8 Å². The first-order valence-corrected chi connectivity index (χ1v) is 5.16. The normalized spacial score (nSPS) is 10.6. The zero-order valence-corrected chi connectivity index (χ0v) is 9.87. The molecule has 18 heavy (non-hydrogen) atoms. The number of halogens is 3. The molecular formula is C11H12F3NO3. The van der Waals surface area contributed by atoms with Crippen molar-refractivity contribution in [2.24, 2.45) is 0 Å². The van der Waals surface area contributed by atoms with E-state index in [1.54, 1.807) is 6.92 Å². The van der Waals surface area contributed by atoms with Gasteiger partial charge in [-0.3, -0.25) is 4.79 Å². The first kappa shape index (κ1) is 14.3. The van der Waals surface area contributed by atoms with E-state index in [4.69, 9.17) is 0 Å². The van der Waals surface area contributed by atoms with Crippen molar-refractivity contribution in [3.8, 4) is 5.75 Å². The number of aromatic nitrogens is 1. The second-order valence-corrected chi connectivity index (χ2v) is 3.29. The summed E-state index contributed by atoms with van der Waals surface area (Å²) in [5, 5.41) is 0. The van der Waals surface area contributed by atoms with Crippen molar-refractivity contribution in [1.82, 2.24) is 4.98 Å². The Labute approximate surface area is 102 Å². The van der Waals surface area contributed by atoms with Gasteiger partial charge in [-0.15, -0.1) is 0 Å². The van der Waals surface area contributed by atoms with Gasteiger partial charge in [-0.25, -0.2) is 18.2 Å². The number of alkyl halides is 2. The third kappa shape index (κ3) is 3.35. The minimum Gasteiger partial charge on any atom is -0.494 e. The molecule has 0 aliphatic rings. The van der Waals surface area contributed by atoms with Crippen LogP contribution < -0.4 is 4.74 Å². The van der Waals surface area contributed by atoms with Gasteiger partial charge in [0.25, 0.3) is 6.43 Å². The summed E-state index contributed by atoms with van der Waals surface area (Å²) in [6, 6.07) is 0.800. The molecule has 0 aliphatic carbocycles. The monoisotopic (exact) mass is 263 g/mol. The second kappa shape index (κ2) is 6.23. The standard InChI is InChI=1S/C11H12F3NO3/c1-3-18-9(16)5-6-10(12)8(17-2)4-7(15-6)11(13)14/h4,11H,3,5H2,1-2H3. The van der Waals surface area contributed by atoms with Gasteiger partial charge in [0.2, 0.25) is 0 Å². The van der Waals surface area contributed by atoms with Crippen LogP contribution in [-0.2, 0) is 16.0 Å². The van der Waals surface area contributed by atoms with E-state index in [-0.39, 0.29) is 12.4 Å². The average molecular weight is 263 g/mol. The number of ether oxygens (including phenoxy) is 2. The van der Waals surface area contributed by atoms with Crippen LogP contribution in [0.2, 0.25) is 0 Å². The van der Waals surface area contributed by atoms with E-state index in [0.29, 0.717) is 0 Å². The van der Waals surface area contributed by atoms with Crippen LogP contribution in [0.5, 0.6) is 5.75 Å². The number of carbonyl (C=O) groups excluding carboxylic acids is 1. The lowest BCUT2D eigenvalue weighted by Crippen LogP contribution is -2.12. The third-order valence-electron chi connectivity index (χ3n) is 2.07. The maximum Gasteiger partial charge on any atom is 0.311 e. The molecule has 0 spiro atoms. The number of methoxy groups -OCH3 is 1. The van der Waals surface area contributed by atoms with Crippen LogP contribution >= 0.6 is 0 Å². The van der Waals surface area contributed by atoms with E-state index in [1.807, 2.05) is 0 Å². The van der Waals surface area contributed by atoms with Crippen molar-refractivity contribution in [1.29, 1.82) is 0 Å². The molecule has 0 unspecified atom stereocenters. The Bertz CT molecular complexity index is 438. The SMILES string of the molecule is CCOC(=O)Cc1nc(C(F)F)cc(OC)c1F. The molecule has 0 atom stereocenters. The zero-order chi connectivity index (χ0) is 13.7. The van der Waals surface area contributed by atoms with Crippen molar-refractivity contribution in [3.63, 3.8) is 0 Å². The molecular weight excluding hydrogens is 251 g/mol. The van der Waals surface area contributed by atoms with Crippen molar-refractivity contribution in [2.45, 2.75) is 19.8 Å². The predicted octanol–water partition coefficient (Wildman–Crippen LogP) is 2.27. The summed E-state index contributed by atoms with van der Waals surface area (Å²) in [4.78, 5) is 14.6. The Balaban J connectivity index is 3.08. The number of esters is 1. The summed E-state index contributed by atoms with van der Waals surface area (Å²) in [6.07, 6.45) is -3.39. The average Bonchev–Trinajstić information content (AvgIpc) is 2.31. The fraction of sp³-hybridized carbons (Fsp3) is 0.455. The topological polar surface area (TPSA) is 48.4 Å². The van der Waals surface area contributed by atoms with Crippen LogP contribution in [0.1, 0.15) is 24.7 Å². The highest BCUT2D eigenvalue weighted by Crippen LogP contribution is 2.26. The number of hydrogen-bond donors (Lipinski definition) is 0. The van der Waals surface area contributed by atoms with Crippen molar-refractivity contribution >= 4 is 5.97 Å². The number of carbonyl (C=O) groups is 1. The summed E-state index contributed by atoms with van der Waals surface area (Å²) in [6.45, 7) is 1.70. The molecule has 4 nitrogen and oxygen atoms in total. The molecule has 0 aliphatic heterocycles. The molecule has 0 N–H and O–H groups in total. The molecule has 1 heterocycles. The number of rotatable bonds is 5. The van der Waals surface area contributed by atoms with Crippen LogP contribution in [0.3, 0.4) is 0 Å². The zero-order valence-electron chi connectivity index (χ0n) is 9.87. The van der Waals surface area contributed by atoms with Gasteiger partial charge in [-0.1, -0.05) is 0 Å². The molecule has 7 heteroatoms. The fourth-order valence-corrected chi connectivity index (χ4v) is 1.30. The first-order chi connectivity index (χ1) is 8.49. The van der Waals surface area contributed by atoms with Crippen LogP contribution in [0.15, 0.2) is 6.07 Å². The van der Waals surface area contributed by atoms with Gasteiger partial charge < -0.3 is 9.47 Å². The van der Waals surface area contributed by atoms with Gasteiger partial charge in [0.15, 0.2) is 11.6 Å². The highest BCUT2D eigenvalue weighted by Gasteiger charge is 2.20. The number of hydrogen-bond acceptors (Lipinski definition) is 4. The minimum atomic E-state index is -2.87. The van der Waals surface area contributed by atoms with Crippen LogP contribution in [0.25, 0.3) is 0 Å². The van der Waals surface area contributed by atoms with E-state index in [0.717, 1.165) is 13.2 Å². The molecule has 0 fully saturated rings. The smallest absolute Gasteiger partial charge is 0.311 e. The van der Waals surface area contributed by atoms with Gasteiger partial charge in [0, 0.05) is 6.07 Å². The lowest BCUT2D eigenvalue weighted by molar-refractivity contribution is -0.142. The van der Waals surface area contributed by atoms with Gasteiger partial charge >= 0.3 is 5.97 Å². The van der Waals surface area contributed by atoms with Gasteiger partial charge in [-0.2, -0.15) is 0 Å². The molecule has 0 bridgehead atoms. The van der Waals surface area contributed by atoms with E-state index >= 15 is 0 Å². The Morgan fingerprint density at radius 3 is 2.67 bits per heavy atom. The molecule has 1 aromatic heterocycles. The van der Waals surface area contributed by atoms with Crippen LogP contribution in [0, 0.1) is 5.82 Å². The molecule has 100 valence electrons. The van der Waals surface area contributed by atoms with Crippen molar-refractivity contribution < 1.29 is 27.4 Å². The highest BCUT2D eigenvalue weighted by atomic mass is 19.3. The van der Waals surface area contributed by atoms with Crippen LogP contribution in [0.4, 0.5) is 13.2 Å². The van der Waals surface area contributed by atoms with Gasteiger partial charge in [0.1, 0.15) is 5.69 Å². The largest absolute Gasteiger partial charge is 0.494 e. The van der Waals surface area contributed by atoms with Gasteiger partial charge in [-0.05, 0) is 6.92 Å². The van der Waals surface area contributed by atoms with E-state index < -0.39 is 36.0 Å². The molecule has 1 aromatic rings. The maximum atomic E-state index is 13.7. The quantitative estimate of drug-likeness (QED) is 0.765. The molecule has 0 radical (unpaired) electrons. The van der Waals surface area contributed by atoms with E-state index in [9.17, 15) is 18.0 Å². The lowest BCUT2D eigenvalue weighted by Gasteiger charge is -2.09. The Morgan fingerprint density at radius 2 is 2.17 bits per heavy atom. The minimum absolute atomic E-state index is 0.117. The molecule has 0 saturated carbocycles. The lowest BCUT2D eigenvalue weighted by atomic mass is 10.2. The Hall–Kier alpha value is -1.79. The summed E-state index contributed by atoms with van der Waals surface area (Å²) in [5.41, 5.74) is -1.06. The maximum absolute atomic E-state index is 13.7. The molecule has 0 aromatic carbocycles. The summed E-state index contributed by atoms with van der Waals surface area (Å²) >= 11 is 0. The Morgan fingerprint density at radius 1 is 1.50 bits per heavy atom. The number of nitrogens with zero attached hydrogens (tertiary/aromatic N) is 1. The summed E-state index contributed by atoms with van der Waals surface area (Å²) < 4.78 is 47.9. The second-order valence-electron chi connectivity index (χ2n) is 3.29. The Kier molecular flexibility index (Phi) is 4.94. The van der Waals surface area contributed by atoms with Crippen molar-refractivity contribution in [3.05, 3.63) is 23.3 Å². The van der Waals surface area contributed by atoms with E-state index in [1.165, 1.54) is 0 Å².